The lowest BCUT2D eigenvalue weighted by Crippen LogP contribution is -2.47. The van der Waals surface area contributed by atoms with Gasteiger partial charge < -0.3 is 10.2 Å². The van der Waals surface area contributed by atoms with Crippen molar-refractivity contribution in [3.63, 3.8) is 0 Å². The molecule has 6 heteroatoms. The first-order valence-electron chi connectivity index (χ1n) is 8.15. The third-order valence-electron chi connectivity index (χ3n) is 4.59. The summed E-state index contributed by atoms with van der Waals surface area (Å²) >= 11 is 0. The Kier molecular flexibility index (Phi) is 4.78. The molecule has 0 bridgehead atoms. The zero-order chi connectivity index (χ0) is 16.5. The summed E-state index contributed by atoms with van der Waals surface area (Å²) in [5.74, 6) is 0.498. The van der Waals surface area contributed by atoms with E-state index in [1.807, 2.05) is 13.8 Å². The van der Waals surface area contributed by atoms with Gasteiger partial charge in [-0.15, -0.1) is 0 Å². The Hall–Kier alpha value is -1.59. The number of nitrogens with one attached hydrogen (secondary N) is 1. The van der Waals surface area contributed by atoms with E-state index in [9.17, 15) is 14.4 Å². The van der Waals surface area contributed by atoms with E-state index in [2.05, 4.69) is 12.2 Å². The number of imide groups is 1. The van der Waals surface area contributed by atoms with Crippen molar-refractivity contribution < 1.29 is 14.4 Å². The number of urea groups is 1. The van der Waals surface area contributed by atoms with Gasteiger partial charge in [-0.05, 0) is 38.0 Å². The molecular weight excluding hydrogens is 282 g/mol. The van der Waals surface area contributed by atoms with Crippen LogP contribution in [0.4, 0.5) is 4.79 Å². The number of hydrogen-bond donors (Lipinski definition) is 1. The van der Waals surface area contributed by atoms with Gasteiger partial charge in [0.25, 0.3) is 5.91 Å². The standard InChI is InChI=1S/C16H27N3O3/c1-11(2)9-16(4)14(21)19(15(22)17-16)10-13(20)18-7-5-12(3)6-8-18/h11-12H,5-10H2,1-4H3,(H,17,22). The van der Waals surface area contributed by atoms with E-state index in [1.165, 1.54) is 0 Å². The molecule has 6 nitrogen and oxygen atoms in total. The highest BCUT2D eigenvalue weighted by atomic mass is 16.2. The van der Waals surface area contributed by atoms with Crippen molar-refractivity contribution in [1.29, 1.82) is 0 Å². The van der Waals surface area contributed by atoms with E-state index in [-0.39, 0.29) is 24.3 Å². The van der Waals surface area contributed by atoms with Gasteiger partial charge in [0.1, 0.15) is 12.1 Å². The molecule has 0 aromatic rings. The smallest absolute Gasteiger partial charge is 0.325 e. The molecule has 22 heavy (non-hydrogen) atoms. The minimum Gasteiger partial charge on any atom is -0.341 e. The number of carbonyl (C=O) groups is 3. The van der Waals surface area contributed by atoms with Crippen molar-refractivity contribution in [3.05, 3.63) is 0 Å². The van der Waals surface area contributed by atoms with Crippen LogP contribution in [0.25, 0.3) is 0 Å². The number of hydrogen-bond acceptors (Lipinski definition) is 3. The monoisotopic (exact) mass is 309 g/mol. The van der Waals surface area contributed by atoms with Crippen LogP contribution in [-0.2, 0) is 9.59 Å². The second kappa shape index (κ2) is 6.26. The summed E-state index contributed by atoms with van der Waals surface area (Å²) < 4.78 is 0. The summed E-state index contributed by atoms with van der Waals surface area (Å²) in [5, 5.41) is 2.74. The molecule has 0 aromatic heterocycles. The van der Waals surface area contributed by atoms with Crippen LogP contribution < -0.4 is 5.32 Å². The average Bonchev–Trinajstić information content (AvgIpc) is 2.62. The third-order valence-corrected chi connectivity index (χ3v) is 4.59. The Morgan fingerprint density at radius 3 is 2.45 bits per heavy atom. The number of carbonyl (C=O) groups excluding carboxylic acids is 3. The molecule has 2 fully saturated rings. The van der Waals surface area contributed by atoms with Gasteiger partial charge in [0.2, 0.25) is 5.91 Å². The van der Waals surface area contributed by atoms with Gasteiger partial charge >= 0.3 is 6.03 Å². The molecule has 2 saturated heterocycles. The molecule has 1 N–H and O–H groups in total. The largest absolute Gasteiger partial charge is 0.341 e. The quantitative estimate of drug-likeness (QED) is 0.802. The highest BCUT2D eigenvalue weighted by Gasteiger charge is 2.48. The van der Waals surface area contributed by atoms with Crippen LogP contribution in [-0.4, -0.2) is 52.8 Å². The van der Waals surface area contributed by atoms with Gasteiger partial charge in [-0.2, -0.15) is 0 Å². The summed E-state index contributed by atoms with van der Waals surface area (Å²) in [4.78, 5) is 39.8. The van der Waals surface area contributed by atoms with Gasteiger partial charge in [-0.3, -0.25) is 14.5 Å². The first-order chi connectivity index (χ1) is 10.2. The minimum absolute atomic E-state index is 0.135. The lowest BCUT2D eigenvalue weighted by Gasteiger charge is -2.31. The van der Waals surface area contributed by atoms with E-state index in [0.29, 0.717) is 25.4 Å². The topological polar surface area (TPSA) is 69.7 Å². The van der Waals surface area contributed by atoms with Crippen LogP contribution in [0.3, 0.4) is 0 Å². The van der Waals surface area contributed by atoms with Crippen LogP contribution >= 0.6 is 0 Å². The van der Waals surface area contributed by atoms with Crippen molar-refractivity contribution in [2.45, 2.75) is 52.5 Å². The number of nitrogens with zero attached hydrogens (tertiary/aromatic N) is 2. The minimum atomic E-state index is -0.887. The van der Waals surface area contributed by atoms with E-state index >= 15 is 0 Å². The van der Waals surface area contributed by atoms with Crippen molar-refractivity contribution >= 4 is 17.8 Å². The van der Waals surface area contributed by atoms with E-state index in [0.717, 1.165) is 17.7 Å². The first-order valence-corrected chi connectivity index (χ1v) is 8.15. The molecule has 0 radical (unpaired) electrons. The lowest BCUT2D eigenvalue weighted by molar-refractivity contribution is -0.139. The Morgan fingerprint density at radius 1 is 1.32 bits per heavy atom. The number of likely N-dealkylation sites (tertiary alicyclic amines) is 1. The Balaban J connectivity index is 1.99. The number of rotatable bonds is 4. The molecule has 2 aliphatic heterocycles. The number of amides is 4. The second-order valence-corrected chi connectivity index (χ2v) is 7.31. The van der Waals surface area contributed by atoms with Crippen LogP contribution in [0, 0.1) is 11.8 Å². The molecule has 1 unspecified atom stereocenters. The van der Waals surface area contributed by atoms with E-state index < -0.39 is 11.6 Å². The molecule has 2 aliphatic rings. The van der Waals surface area contributed by atoms with Gasteiger partial charge in [0, 0.05) is 13.1 Å². The molecule has 1 atom stereocenters. The molecule has 0 spiro atoms. The van der Waals surface area contributed by atoms with Crippen LogP contribution in [0.15, 0.2) is 0 Å². The highest BCUT2D eigenvalue weighted by Crippen LogP contribution is 2.25. The molecule has 2 rings (SSSR count). The highest BCUT2D eigenvalue weighted by molar-refractivity contribution is 6.08. The van der Waals surface area contributed by atoms with E-state index in [1.54, 1.807) is 11.8 Å². The molecule has 124 valence electrons. The Labute approximate surface area is 132 Å². The van der Waals surface area contributed by atoms with Gasteiger partial charge in [-0.25, -0.2) is 4.79 Å². The lowest BCUT2D eigenvalue weighted by atomic mass is 9.91. The average molecular weight is 309 g/mol. The molecular formula is C16H27N3O3. The molecule has 2 heterocycles. The van der Waals surface area contributed by atoms with Crippen LogP contribution in [0.2, 0.25) is 0 Å². The fraction of sp³-hybridized carbons (Fsp3) is 0.812. The normalized spacial score (nSPS) is 26.8. The van der Waals surface area contributed by atoms with Crippen molar-refractivity contribution in [1.82, 2.24) is 15.1 Å². The Morgan fingerprint density at radius 2 is 1.91 bits per heavy atom. The van der Waals surface area contributed by atoms with Crippen LogP contribution in [0.5, 0.6) is 0 Å². The predicted molar refractivity (Wildman–Crippen MR) is 83.1 cm³/mol. The summed E-state index contributed by atoms with van der Waals surface area (Å²) in [5.41, 5.74) is -0.887. The van der Waals surface area contributed by atoms with Crippen molar-refractivity contribution in [2.75, 3.05) is 19.6 Å². The Bertz CT molecular complexity index is 469. The molecule has 0 aliphatic carbocycles. The SMILES string of the molecule is CC(C)CC1(C)NC(=O)N(CC(=O)N2CCC(C)CC2)C1=O. The summed E-state index contributed by atoms with van der Waals surface area (Å²) in [6.07, 6.45) is 2.54. The zero-order valence-electron chi connectivity index (χ0n) is 14.0. The van der Waals surface area contributed by atoms with Gasteiger partial charge in [0.15, 0.2) is 0 Å². The fourth-order valence-corrected chi connectivity index (χ4v) is 3.34. The maximum Gasteiger partial charge on any atom is 0.325 e. The zero-order valence-corrected chi connectivity index (χ0v) is 14.0. The molecule has 0 aromatic carbocycles. The fourth-order valence-electron chi connectivity index (χ4n) is 3.34. The van der Waals surface area contributed by atoms with E-state index in [4.69, 9.17) is 0 Å². The predicted octanol–water partition coefficient (Wildman–Crippen LogP) is 1.60. The van der Waals surface area contributed by atoms with Crippen molar-refractivity contribution in [3.8, 4) is 0 Å². The summed E-state index contributed by atoms with van der Waals surface area (Å²) in [6, 6.07) is -0.452. The first kappa shape index (κ1) is 16.8. The third kappa shape index (κ3) is 3.42. The van der Waals surface area contributed by atoms with Gasteiger partial charge in [-0.1, -0.05) is 20.8 Å². The molecule has 4 amide bonds. The van der Waals surface area contributed by atoms with Crippen molar-refractivity contribution in [2.24, 2.45) is 11.8 Å². The summed E-state index contributed by atoms with van der Waals surface area (Å²) in [7, 11) is 0. The van der Waals surface area contributed by atoms with Crippen LogP contribution in [0.1, 0.15) is 47.0 Å². The summed E-state index contributed by atoms with van der Waals surface area (Å²) in [6.45, 7) is 9.21. The number of piperidine rings is 1. The van der Waals surface area contributed by atoms with Gasteiger partial charge in [0.05, 0.1) is 0 Å². The second-order valence-electron chi connectivity index (χ2n) is 7.31. The maximum absolute atomic E-state index is 12.5. The molecule has 0 saturated carbocycles. The maximum atomic E-state index is 12.5.